The molecule has 5 heteroatoms. The van der Waals surface area contributed by atoms with Gasteiger partial charge in [0, 0.05) is 18.8 Å². The second kappa shape index (κ2) is 7.77. The van der Waals surface area contributed by atoms with Crippen molar-refractivity contribution in [3.05, 3.63) is 65.7 Å². The van der Waals surface area contributed by atoms with Crippen LogP contribution in [0.1, 0.15) is 44.5 Å². The van der Waals surface area contributed by atoms with E-state index < -0.39 is 0 Å². The Balaban J connectivity index is 1.49. The molecule has 1 aromatic carbocycles. The van der Waals surface area contributed by atoms with Crippen LogP contribution in [-0.2, 0) is 13.1 Å². The number of rotatable bonds is 6. The third-order valence-electron chi connectivity index (χ3n) is 6.33. The van der Waals surface area contributed by atoms with Gasteiger partial charge in [0.05, 0.1) is 41.9 Å². The van der Waals surface area contributed by atoms with Crippen LogP contribution in [0.4, 0.5) is 0 Å². The lowest BCUT2D eigenvalue weighted by Crippen LogP contribution is -2.47. The van der Waals surface area contributed by atoms with E-state index in [1.165, 1.54) is 18.4 Å². The fourth-order valence-corrected chi connectivity index (χ4v) is 4.49. The summed E-state index contributed by atoms with van der Waals surface area (Å²) in [6.45, 7) is 7.23. The fourth-order valence-electron chi connectivity index (χ4n) is 4.49. The molecule has 2 heterocycles. The summed E-state index contributed by atoms with van der Waals surface area (Å²) in [7, 11) is 0. The summed E-state index contributed by atoms with van der Waals surface area (Å²) in [6, 6.07) is 9.14. The van der Waals surface area contributed by atoms with Crippen LogP contribution < -0.4 is 0 Å². The zero-order chi connectivity index (χ0) is 20.7. The molecule has 0 spiro atoms. The number of hydrogen-bond donors (Lipinski definition) is 0. The molecule has 1 fully saturated rings. The van der Waals surface area contributed by atoms with E-state index in [1.807, 2.05) is 12.1 Å². The summed E-state index contributed by atoms with van der Waals surface area (Å²) in [5.41, 5.74) is 4.10. The van der Waals surface area contributed by atoms with Crippen molar-refractivity contribution in [1.29, 1.82) is 5.26 Å². The van der Waals surface area contributed by atoms with Gasteiger partial charge in [-0.2, -0.15) is 5.26 Å². The first-order valence-electron chi connectivity index (χ1n) is 11.1. The minimum atomic E-state index is 0.304. The van der Waals surface area contributed by atoms with Crippen LogP contribution in [0.25, 0.3) is 11.0 Å². The number of allylic oxidation sites excluding steroid dienone is 2. The van der Waals surface area contributed by atoms with Crippen molar-refractivity contribution in [1.82, 2.24) is 19.4 Å². The first kappa shape index (κ1) is 19.1. The zero-order valence-electron chi connectivity index (χ0n) is 17.8. The lowest BCUT2D eigenvalue weighted by molar-refractivity contribution is 0.120. The highest BCUT2D eigenvalue weighted by Gasteiger charge is 2.35. The van der Waals surface area contributed by atoms with E-state index >= 15 is 0 Å². The minimum Gasteiger partial charge on any atom is -0.361 e. The summed E-state index contributed by atoms with van der Waals surface area (Å²) >= 11 is 0. The zero-order valence-corrected chi connectivity index (χ0v) is 17.8. The SMILES string of the molecule is CC(C)CCn1c(CN2CN(C3CC3)C=C3C=CC=CC32)nc2cc(C#N)ccc21. The van der Waals surface area contributed by atoms with Gasteiger partial charge < -0.3 is 9.47 Å². The first-order chi connectivity index (χ1) is 14.6. The molecular formula is C25H29N5. The lowest BCUT2D eigenvalue weighted by Gasteiger charge is -2.40. The number of fused-ring (bicyclic) bond motifs is 2. The van der Waals surface area contributed by atoms with E-state index in [1.54, 1.807) is 0 Å². The number of imidazole rings is 1. The Hall–Kier alpha value is -2.84. The van der Waals surface area contributed by atoms with Crippen LogP contribution in [0.3, 0.4) is 0 Å². The smallest absolute Gasteiger partial charge is 0.124 e. The van der Waals surface area contributed by atoms with Crippen LogP contribution in [0.5, 0.6) is 0 Å². The molecule has 2 aliphatic carbocycles. The highest BCUT2D eigenvalue weighted by molar-refractivity contribution is 5.77. The molecule has 30 heavy (non-hydrogen) atoms. The Morgan fingerprint density at radius 3 is 2.87 bits per heavy atom. The third-order valence-corrected chi connectivity index (χ3v) is 6.33. The molecule has 0 radical (unpaired) electrons. The minimum absolute atomic E-state index is 0.304. The number of nitriles is 1. The van der Waals surface area contributed by atoms with Crippen LogP contribution in [0.15, 0.2) is 54.3 Å². The van der Waals surface area contributed by atoms with Crippen LogP contribution >= 0.6 is 0 Å². The van der Waals surface area contributed by atoms with Gasteiger partial charge in [-0.15, -0.1) is 0 Å². The van der Waals surface area contributed by atoms with Crippen LogP contribution in [0, 0.1) is 17.2 Å². The molecule has 2 aromatic rings. The predicted molar refractivity (Wildman–Crippen MR) is 119 cm³/mol. The van der Waals surface area contributed by atoms with Crippen molar-refractivity contribution in [3.63, 3.8) is 0 Å². The molecule has 5 nitrogen and oxygen atoms in total. The molecule has 1 aliphatic heterocycles. The van der Waals surface area contributed by atoms with Crippen molar-refractivity contribution >= 4 is 11.0 Å². The Morgan fingerprint density at radius 1 is 1.23 bits per heavy atom. The molecule has 3 aliphatic rings. The average molecular weight is 400 g/mol. The largest absolute Gasteiger partial charge is 0.361 e. The molecule has 5 rings (SSSR count). The van der Waals surface area contributed by atoms with Gasteiger partial charge in [-0.3, -0.25) is 4.90 Å². The van der Waals surface area contributed by atoms with Crippen molar-refractivity contribution in [3.8, 4) is 6.07 Å². The topological polar surface area (TPSA) is 48.1 Å². The number of aryl methyl sites for hydroxylation is 1. The van der Waals surface area contributed by atoms with Crippen molar-refractivity contribution in [2.24, 2.45) is 5.92 Å². The van der Waals surface area contributed by atoms with E-state index in [0.29, 0.717) is 23.6 Å². The Bertz CT molecular complexity index is 1080. The Kier molecular flexibility index (Phi) is 4.96. The third kappa shape index (κ3) is 3.68. The van der Waals surface area contributed by atoms with E-state index in [0.717, 1.165) is 43.0 Å². The molecule has 0 bridgehead atoms. The Labute approximate surface area is 178 Å². The second-order valence-corrected chi connectivity index (χ2v) is 9.13. The quantitative estimate of drug-likeness (QED) is 0.714. The van der Waals surface area contributed by atoms with Gasteiger partial charge in [0.15, 0.2) is 0 Å². The summed E-state index contributed by atoms with van der Waals surface area (Å²) in [6.07, 6.45) is 14.9. The normalized spacial score (nSPS) is 21.2. The van der Waals surface area contributed by atoms with Gasteiger partial charge in [0.2, 0.25) is 0 Å². The molecular weight excluding hydrogens is 370 g/mol. The molecule has 1 unspecified atom stereocenters. The maximum absolute atomic E-state index is 9.31. The van der Waals surface area contributed by atoms with E-state index in [-0.39, 0.29) is 0 Å². The van der Waals surface area contributed by atoms with Crippen molar-refractivity contribution < 1.29 is 0 Å². The monoisotopic (exact) mass is 399 g/mol. The molecule has 154 valence electrons. The van der Waals surface area contributed by atoms with Gasteiger partial charge in [0.1, 0.15) is 5.82 Å². The summed E-state index contributed by atoms with van der Waals surface area (Å²) < 4.78 is 2.37. The predicted octanol–water partition coefficient (Wildman–Crippen LogP) is 4.57. The standard InChI is InChI=1S/C25H29N5/c1-18(2)11-12-30-24-10-7-19(14-26)13-22(24)27-25(30)16-29-17-28(21-8-9-21)15-20-5-3-4-6-23(20)29/h3-7,10,13,15,18,21,23H,8-9,11-12,16-17H2,1-2H3. The maximum Gasteiger partial charge on any atom is 0.124 e. The number of aromatic nitrogens is 2. The number of benzene rings is 1. The second-order valence-electron chi connectivity index (χ2n) is 9.13. The van der Waals surface area contributed by atoms with Gasteiger partial charge in [-0.25, -0.2) is 4.98 Å². The molecule has 1 saturated carbocycles. The molecule has 1 atom stereocenters. The van der Waals surface area contributed by atoms with Crippen LogP contribution in [0.2, 0.25) is 0 Å². The molecule has 0 N–H and O–H groups in total. The first-order valence-corrected chi connectivity index (χ1v) is 11.1. The van der Waals surface area contributed by atoms with Crippen LogP contribution in [-0.4, -0.2) is 38.1 Å². The van der Waals surface area contributed by atoms with Gasteiger partial charge in [0.25, 0.3) is 0 Å². The Morgan fingerprint density at radius 2 is 2.10 bits per heavy atom. The molecule has 0 amide bonds. The highest BCUT2D eigenvalue weighted by Crippen LogP contribution is 2.34. The van der Waals surface area contributed by atoms with Gasteiger partial charge >= 0.3 is 0 Å². The van der Waals surface area contributed by atoms with Gasteiger partial charge in [-0.1, -0.05) is 38.2 Å². The summed E-state index contributed by atoms with van der Waals surface area (Å²) in [4.78, 5) is 10.0. The summed E-state index contributed by atoms with van der Waals surface area (Å²) in [5, 5.41) is 9.31. The maximum atomic E-state index is 9.31. The van der Waals surface area contributed by atoms with E-state index in [2.05, 4.69) is 70.9 Å². The molecule has 1 aromatic heterocycles. The number of hydrogen-bond acceptors (Lipinski definition) is 4. The van der Waals surface area contributed by atoms with Crippen molar-refractivity contribution in [2.45, 2.75) is 58.3 Å². The van der Waals surface area contributed by atoms with E-state index in [4.69, 9.17) is 4.98 Å². The fraction of sp³-hybridized carbons (Fsp3) is 0.440. The van der Waals surface area contributed by atoms with Gasteiger partial charge in [-0.05, 0) is 49.0 Å². The van der Waals surface area contributed by atoms with Crippen molar-refractivity contribution in [2.75, 3.05) is 6.67 Å². The summed E-state index contributed by atoms with van der Waals surface area (Å²) in [5.74, 6) is 1.73. The number of nitrogens with zero attached hydrogens (tertiary/aromatic N) is 5. The lowest BCUT2D eigenvalue weighted by atomic mass is 9.99. The molecule has 0 saturated heterocycles. The van der Waals surface area contributed by atoms with E-state index in [9.17, 15) is 5.26 Å². The average Bonchev–Trinajstić information content (AvgIpc) is 3.54. The highest BCUT2D eigenvalue weighted by atomic mass is 15.4.